The van der Waals surface area contributed by atoms with Gasteiger partial charge in [-0.15, -0.1) is 0 Å². The van der Waals surface area contributed by atoms with Gasteiger partial charge in [0.2, 0.25) is 5.91 Å². The number of carbonyl (C=O) groups excluding carboxylic acids is 1. The van der Waals surface area contributed by atoms with Crippen LogP contribution in [0.4, 0.5) is 11.4 Å². The fourth-order valence-corrected chi connectivity index (χ4v) is 4.90. The first-order chi connectivity index (χ1) is 13.7. The van der Waals surface area contributed by atoms with Gasteiger partial charge in [-0.2, -0.15) is 0 Å². The molecule has 1 saturated heterocycles. The molecule has 6 heteroatoms. The van der Waals surface area contributed by atoms with Crippen LogP contribution in [0.25, 0.3) is 0 Å². The molecule has 2 aromatic rings. The Hall–Kier alpha value is -2.73. The zero-order valence-corrected chi connectivity index (χ0v) is 15.8. The molecule has 28 heavy (non-hydrogen) atoms. The average Bonchev–Trinajstić information content (AvgIpc) is 3.01. The molecule has 2 aromatic carbocycles. The Morgan fingerprint density at radius 2 is 2.04 bits per heavy atom. The number of likely N-dealkylation sites (tertiary alicyclic amines) is 1. The van der Waals surface area contributed by atoms with Crippen molar-refractivity contribution in [1.29, 1.82) is 0 Å². The minimum atomic E-state index is 0.0964. The second-order valence-electron chi connectivity index (χ2n) is 7.88. The summed E-state index contributed by atoms with van der Waals surface area (Å²) in [5, 5.41) is 12.4. The summed E-state index contributed by atoms with van der Waals surface area (Å²) in [5.41, 5.74) is 3.60. The van der Waals surface area contributed by atoms with Crippen LogP contribution in [0.1, 0.15) is 24.3 Å². The summed E-state index contributed by atoms with van der Waals surface area (Å²) in [7, 11) is 0. The van der Waals surface area contributed by atoms with Gasteiger partial charge in [0.15, 0.2) is 0 Å². The zero-order valence-electron chi connectivity index (χ0n) is 15.8. The summed E-state index contributed by atoms with van der Waals surface area (Å²) in [6, 6.07) is 13.6. The Labute approximate surface area is 164 Å². The van der Waals surface area contributed by atoms with Crippen LogP contribution in [0, 0.1) is 0 Å². The number of phenols is 1. The number of phenolic OH excluding ortho intramolecular Hbond substituents is 1. The number of nitrogens with zero attached hydrogens (tertiary/aromatic N) is 2. The van der Waals surface area contributed by atoms with Gasteiger partial charge in [0.1, 0.15) is 11.5 Å². The van der Waals surface area contributed by atoms with E-state index in [1.165, 1.54) is 11.3 Å². The summed E-state index contributed by atoms with van der Waals surface area (Å²) in [6.45, 7) is 4.24. The van der Waals surface area contributed by atoms with Crippen LogP contribution in [-0.4, -0.2) is 54.7 Å². The number of carbonyl (C=O) groups is 1. The zero-order chi connectivity index (χ0) is 19.1. The number of hydrogen-bond acceptors (Lipinski definition) is 5. The normalized spacial score (nSPS) is 23.1. The third kappa shape index (κ3) is 3.07. The highest BCUT2D eigenvalue weighted by atomic mass is 16.5. The van der Waals surface area contributed by atoms with Crippen molar-refractivity contribution in [3.63, 3.8) is 0 Å². The topological polar surface area (TPSA) is 65.0 Å². The maximum absolute atomic E-state index is 12.1. The highest BCUT2D eigenvalue weighted by Gasteiger charge is 2.44. The van der Waals surface area contributed by atoms with E-state index in [-0.39, 0.29) is 11.7 Å². The van der Waals surface area contributed by atoms with Crippen molar-refractivity contribution in [1.82, 2.24) is 4.90 Å². The van der Waals surface area contributed by atoms with Crippen molar-refractivity contribution < 1.29 is 14.6 Å². The first kappa shape index (κ1) is 17.4. The second kappa shape index (κ2) is 7.02. The average molecular weight is 379 g/mol. The number of ether oxygens (including phenoxy) is 1. The van der Waals surface area contributed by atoms with Crippen LogP contribution in [0.5, 0.6) is 11.5 Å². The maximum Gasteiger partial charge on any atom is 0.243 e. The van der Waals surface area contributed by atoms with E-state index in [1.54, 1.807) is 24.3 Å². The Kier molecular flexibility index (Phi) is 4.36. The molecule has 0 spiro atoms. The Morgan fingerprint density at radius 3 is 2.89 bits per heavy atom. The molecule has 0 saturated carbocycles. The van der Waals surface area contributed by atoms with Crippen LogP contribution < -0.4 is 15.0 Å². The van der Waals surface area contributed by atoms with Crippen molar-refractivity contribution in [3.8, 4) is 11.5 Å². The second-order valence-corrected chi connectivity index (χ2v) is 7.88. The molecule has 1 fully saturated rings. The summed E-state index contributed by atoms with van der Waals surface area (Å²) < 4.78 is 5.77. The van der Waals surface area contributed by atoms with Crippen LogP contribution in [0.2, 0.25) is 0 Å². The van der Waals surface area contributed by atoms with Crippen molar-refractivity contribution in [2.24, 2.45) is 0 Å². The quantitative estimate of drug-likeness (QED) is 0.782. The van der Waals surface area contributed by atoms with Gasteiger partial charge in [-0.3, -0.25) is 4.79 Å². The molecule has 3 heterocycles. The van der Waals surface area contributed by atoms with Crippen molar-refractivity contribution in [2.75, 3.05) is 43.0 Å². The lowest BCUT2D eigenvalue weighted by atomic mass is 9.89. The Bertz CT molecular complexity index is 883. The van der Waals surface area contributed by atoms with Crippen LogP contribution in [0.15, 0.2) is 42.5 Å². The van der Waals surface area contributed by atoms with Gasteiger partial charge in [-0.05, 0) is 48.7 Å². The maximum atomic E-state index is 12.1. The standard InChI is InChI=1S/C22H25N3O3/c26-15-5-7-16(8-6-15)28-12-2-10-24-11-9-20-18(13-24)17-3-1-4-19-22(17)25(20)14-21(27)23-19/h1,3-8,18,20,26H,2,9-14H2,(H,23,27)/t18-,20-/m0/s1. The van der Waals surface area contributed by atoms with Crippen molar-refractivity contribution in [2.45, 2.75) is 24.8 Å². The number of hydrogen-bond donors (Lipinski definition) is 2. The number of amides is 1. The first-order valence-corrected chi connectivity index (χ1v) is 10.0. The van der Waals surface area contributed by atoms with E-state index in [9.17, 15) is 9.90 Å². The number of fused-ring (bicyclic) bond motifs is 3. The molecule has 0 bridgehead atoms. The number of para-hydroxylation sites is 1. The fraction of sp³-hybridized carbons (Fsp3) is 0.409. The summed E-state index contributed by atoms with van der Waals surface area (Å²) >= 11 is 0. The van der Waals surface area contributed by atoms with Gasteiger partial charge in [0, 0.05) is 31.6 Å². The lowest BCUT2D eigenvalue weighted by Crippen LogP contribution is -2.49. The molecular formula is C22H25N3O3. The molecule has 2 N–H and O–H groups in total. The molecule has 0 aliphatic carbocycles. The lowest BCUT2D eigenvalue weighted by Gasteiger charge is -2.39. The Balaban J connectivity index is 1.20. The molecule has 0 unspecified atom stereocenters. The highest BCUT2D eigenvalue weighted by Crippen LogP contribution is 2.49. The largest absolute Gasteiger partial charge is 0.508 e. The van der Waals surface area contributed by atoms with Gasteiger partial charge >= 0.3 is 0 Å². The minimum Gasteiger partial charge on any atom is -0.508 e. The molecule has 0 radical (unpaired) electrons. The van der Waals surface area contributed by atoms with E-state index in [0.717, 1.165) is 43.9 Å². The molecule has 0 aromatic heterocycles. The fourth-order valence-electron chi connectivity index (χ4n) is 4.90. The van der Waals surface area contributed by atoms with E-state index in [4.69, 9.17) is 4.74 Å². The summed E-state index contributed by atoms with van der Waals surface area (Å²) in [5.74, 6) is 1.61. The minimum absolute atomic E-state index is 0.0964. The van der Waals surface area contributed by atoms with Gasteiger partial charge in [-0.25, -0.2) is 0 Å². The number of nitrogens with one attached hydrogen (secondary N) is 1. The van der Waals surface area contributed by atoms with Gasteiger partial charge in [0.25, 0.3) is 0 Å². The molecule has 3 aliphatic rings. The smallest absolute Gasteiger partial charge is 0.243 e. The molecule has 5 rings (SSSR count). The third-order valence-corrected chi connectivity index (χ3v) is 6.13. The SMILES string of the molecule is O=C1CN2c3c(cccc3[C@@H]3CN(CCCOc4ccc(O)cc4)CC[C@@H]32)N1. The molecule has 2 atom stereocenters. The van der Waals surface area contributed by atoms with E-state index < -0.39 is 0 Å². The molecule has 6 nitrogen and oxygen atoms in total. The predicted molar refractivity (Wildman–Crippen MR) is 108 cm³/mol. The lowest BCUT2D eigenvalue weighted by molar-refractivity contribution is -0.115. The number of anilines is 2. The number of rotatable bonds is 5. The van der Waals surface area contributed by atoms with E-state index in [1.807, 2.05) is 6.07 Å². The van der Waals surface area contributed by atoms with Gasteiger partial charge in [-0.1, -0.05) is 12.1 Å². The van der Waals surface area contributed by atoms with Crippen molar-refractivity contribution in [3.05, 3.63) is 48.0 Å². The van der Waals surface area contributed by atoms with Gasteiger partial charge in [0.05, 0.1) is 24.5 Å². The third-order valence-electron chi connectivity index (χ3n) is 6.13. The number of benzene rings is 2. The number of aromatic hydroxyl groups is 1. The molecular weight excluding hydrogens is 354 g/mol. The Morgan fingerprint density at radius 1 is 1.18 bits per heavy atom. The summed E-state index contributed by atoms with van der Waals surface area (Å²) in [4.78, 5) is 16.9. The van der Waals surface area contributed by atoms with Crippen molar-refractivity contribution >= 4 is 17.3 Å². The van der Waals surface area contributed by atoms with E-state index in [2.05, 4.69) is 27.2 Å². The first-order valence-electron chi connectivity index (χ1n) is 10.0. The van der Waals surface area contributed by atoms with Crippen LogP contribution in [-0.2, 0) is 4.79 Å². The molecule has 3 aliphatic heterocycles. The van der Waals surface area contributed by atoms with Crippen LogP contribution >= 0.6 is 0 Å². The van der Waals surface area contributed by atoms with Gasteiger partial charge < -0.3 is 25.0 Å². The van der Waals surface area contributed by atoms with Crippen LogP contribution in [0.3, 0.4) is 0 Å². The highest BCUT2D eigenvalue weighted by molar-refractivity contribution is 6.03. The molecule has 1 amide bonds. The summed E-state index contributed by atoms with van der Waals surface area (Å²) in [6.07, 6.45) is 2.06. The van der Waals surface area contributed by atoms with E-state index >= 15 is 0 Å². The predicted octanol–water partition coefficient (Wildman–Crippen LogP) is 2.79. The monoisotopic (exact) mass is 379 g/mol. The van der Waals surface area contributed by atoms with E-state index in [0.29, 0.717) is 25.1 Å². The number of piperidine rings is 1. The molecule has 146 valence electrons.